The Morgan fingerprint density at radius 1 is 1.10 bits per heavy atom. The van der Waals surface area contributed by atoms with Crippen LogP contribution in [-0.2, 0) is 24.6 Å². The summed E-state index contributed by atoms with van der Waals surface area (Å²) in [7, 11) is 0.0163. The average molecular weight is 862 g/mol. The van der Waals surface area contributed by atoms with Gasteiger partial charge in [-0.05, 0) is 68.9 Å². The molecule has 2 fully saturated rings. The Kier molecular flexibility index (Phi) is 12.5. The quantitative estimate of drug-likeness (QED) is 0.159. The van der Waals surface area contributed by atoms with E-state index in [0.29, 0.717) is 58.1 Å². The maximum atomic E-state index is 14.8. The molecule has 0 radical (unpaired) electrons. The minimum atomic E-state index is -4.18. The zero-order valence-corrected chi connectivity index (χ0v) is 36.3. The monoisotopic (exact) mass is 861 g/mol. The Morgan fingerprint density at radius 3 is 2.62 bits per heavy atom. The minimum Gasteiger partial charge on any atom is -0.496 e. The van der Waals surface area contributed by atoms with Gasteiger partial charge in [0.25, 0.3) is 5.91 Å². The molecule has 3 N–H and O–H groups in total. The number of halogens is 1. The largest absolute Gasteiger partial charge is 0.496 e. The number of hydrogen-bond donors (Lipinski definition) is 3. The molecule has 0 unspecified atom stereocenters. The summed E-state index contributed by atoms with van der Waals surface area (Å²) >= 11 is 1.48. The molecule has 4 heterocycles. The molecular weight excluding hydrogens is 810 g/mol. The second-order valence-electron chi connectivity index (χ2n) is 16.3. The first-order chi connectivity index (χ1) is 28.6. The lowest BCUT2D eigenvalue weighted by atomic mass is 10.0. The summed E-state index contributed by atoms with van der Waals surface area (Å²) in [6, 6.07) is 9.50. The first-order valence-electron chi connectivity index (χ1n) is 20.3. The van der Waals surface area contributed by atoms with E-state index in [0.717, 1.165) is 28.4 Å². The van der Waals surface area contributed by atoms with E-state index in [9.17, 15) is 27.2 Å². The van der Waals surface area contributed by atoms with Gasteiger partial charge in [0.1, 0.15) is 51.7 Å². The van der Waals surface area contributed by atoms with Crippen molar-refractivity contribution in [2.24, 2.45) is 5.92 Å². The van der Waals surface area contributed by atoms with Gasteiger partial charge < -0.3 is 25.0 Å². The lowest BCUT2D eigenvalue weighted by molar-refractivity contribution is -0.140. The number of nitrogens with one attached hydrogen (secondary N) is 3. The molecule has 0 spiro atoms. The van der Waals surface area contributed by atoms with Gasteiger partial charge in [-0.25, -0.2) is 19.1 Å². The Hall–Kier alpha value is -5.13. The number of aryl methyl sites for hydroxylation is 1. The number of fused-ring (bicyclic) bond motifs is 3. The van der Waals surface area contributed by atoms with Crippen molar-refractivity contribution < 1.29 is 36.7 Å². The fourth-order valence-electron chi connectivity index (χ4n) is 7.90. The molecule has 3 amide bonds. The summed E-state index contributed by atoms with van der Waals surface area (Å²) in [5.74, 6) is -1.45. The third-order valence-electron chi connectivity index (χ3n) is 11.5. The fourth-order valence-corrected chi connectivity index (χ4v) is 9.44. The van der Waals surface area contributed by atoms with E-state index in [-0.39, 0.29) is 31.2 Å². The molecule has 2 aromatic carbocycles. The van der Waals surface area contributed by atoms with Crippen molar-refractivity contribution in [1.29, 1.82) is 0 Å². The van der Waals surface area contributed by atoms with Gasteiger partial charge in [0.05, 0.1) is 24.9 Å². The van der Waals surface area contributed by atoms with Crippen molar-refractivity contribution in [2.45, 2.75) is 95.4 Å². The van der Waals surface area contributed by atoms with Crippen LogP contribution >= 0.6 is 11.3 Å². The van der Waals surface area contributed by atoms with Crippen molar-refractivity contribution >= 4 is 55.9 Å². The number of thiazole rings is 1. The van der Waals surface area contributed by atoms with E-state index in [4.69, 9.17) is 19.4 Å². The van der Waals surface area contributed by atoms with Gasteiger partial charge in [0.2, 0.25) is 11.8 Å². The minimum absolute atomic E-state index is 0.0127. The van der Waals surface area contributed by atoms with Gasteiger partial charge in [-0.3, -0.25) is 14.4 Å². The highest BCUT2D eigenvalue weighted by Gasteiger charge is 2.61. The standard InChI is InChI=1S/C43H52FN7O7S2/c1-25(2)34-24-59-40(47-34)33-21-37(31-17-18-36(57-6)26(3)38(31)46-33)58-30-20-35-39(52)48-43(42(54)49-60(55,56)50(4)5)22-27(43)13-10-8-7-9-11-16-32(41(53)51(35)23-30)45-29-15-12-14-28(44)19-29/h10,12-15,17-19,21,24-25,27,30,32,35,45H,7-9,11,16,20,22-23H2,1-6H3,(H,48,52)(H,49,54)/b13-10-/t27-,30-,32+,35+,43-/m1/s1. The third-order valence-corrected chi connectivity index (χ3v) is 13.8. The van der Waals surface area contributed by atoms with Gasteiger partial charge >= 0.3 is 10.2 Å². The number of carbonyl (C=O) groups is 3. The number of nitrogens with zero attached hydrogens (tertiary/aromatic N) is 4. The van der Waals surface area contributed by atoms with E-state index in [1.54, 1.807) is 19.2 Å². The van der Waals surface area contributed by atoms with Crippen LogP contribution in [0.5, 0.6) is 11.5 Å². The Labute approximate surface area is 354 Å². The molecule has 5 atom stereocenters. The molecule has 1 aliphatic carbocycles. The first kappa shape index (κ1) is 43.0. The summed E-state index contributed by atoms with van der Waals surface area (Å²) in [4.78, 5) is 54.6. The van der Waals surface area contributed by atoms with E-state index in [1.165, 1.54) is 42.5 Å². The van der Waals surface area contributed by atoms with Gasteiger partial charge in [-0.2, -0.15) is 12.7 Å². The molecule has 1 saturated carbocycles. The maximum Gasteiger partial charge on any atom is 0.303 e. The highest BCUT2D eigenvalue weighted by atomic mass is 32.2. The van der Waals surface area contributed by atoms with Crippen LogP contribution in [0.2, 0.25) is 0 Å². The summed E-state index contributed by atoms with van der Waals surface area (Å²) in [5.41, 5.74) is 1.85. The summed E-state index contributed by atoms with van der Waals surface area (Å²) < 4.78 is 55.5. The van der Waals surface area contributed by atoms with Gasteiger partial charge in [0.15, 0.2) is 0 Å². The Balaban J connectivity index is 1.26. The molecule has 60 heavy (non-hydrogen) atoms. The molecule has 14 nitrogen and oxygen atoms in total. The number of carbonyl (C=O) groups excluding carboxylic acids is 3. The van der Waals surface area contributed by atoms with Crippen molar-refractivity contribution in [3.05, 3.63) is 77.1 Å². The number of aromatic nitrogens is 2. The molecule has 320 valence electrons. The van der Waals surface area contributed by atoms with Crippen LogP contribution in [0.4, 0.5) is 10.1 Å². The van der Waals surface area contributed by atoms with Gasteiger partial charge in [0, 0.05) is 54.5 Å². The number of benzene rings is 2. The number of hydrogen-bond acceptors (Lipinski definition) is 11. The summed E-state index contributed by atoms with van der Waals surface area (Å²) in [6.07, 6.45) is 6.73. The number of rotatable bonds is 10. The summed E-state index contributed by atoms with van der Waals surface area (Å²) in [6.45, 7) is 6.07. The molecule has 7 rings (SSSR count). The molecular formula is C43H52FN7O7S2. The number of anilines is 1. The van der Waals surface area contributed by atoms with Crippen LogP contribution in [0.1, 0.15) is 76.0 Å². The number of amides is 3. The molecule has 2 aromatic heterocycles. The summed E-state index contributed by atoms with van der Waals surface area (Å²) in [5, 5.41) is 9.56. The maximum absolute atomic E-state index is 14.8. The molecule has 0 bridgehead atoms. The van der Waals surface area contributed by atoms with Crippen molar-refractivity contribution in [1.82, 2.24) is 29.2 Å². The zero-order valence-electron chi connectivity index (χ0n) is 34.7. The van der Waals surface area contributed by atoms with E-state index < -0.39 is 57.5 Å². The first-order valence-corrected chi connectivity index (χ1v) is 22.6. The van der Waals surface area contributed by atoms with Crippen LogP contribution in [0.25, 0.3) is 21.6 Å². The van der Waals surface area contributed by atoms with Crippen LogP contribution in [-0.4, -0.2) is 96.8 Å². The second-order valence-corrected chi connectivity index (χ2v) is 19.0. The molecule has 1 saturated heterocycles. The smallest absolute Gasteiger partial charge is 0.303 e. The molecule has 4 aromatic rings. The van der Waals surface area contributed by atoms with Crippen molar-refractivity contribution in [3.8, 4) is 22.2 Å². The predicted octanol–water partition coefficient (Wildman–Crippen LogP) is 6.08. The SMILES string of the molecule is COc1ccc2c(O[C@@H]3C[C@H]4C(=O)N[C@]5(C(=O)NS(=O)(=O)N(C)C)C[C@H]5/C=C\CCCCC[C@H](Nc5cccc(F)c5)C(=O)N4C3)cc(-c3nc(C(C)C)cs3)nc2c1C. The Bertz CT molecular complexity index is 2420. The fraction of sp³-hybridized carbons (Fsp3) is 0.465. The third kappa shape index (κ3) is 8.98. The van der Waals surface area contributed by atoms with Gasteiger partial charge in [-0.1, -0.05) is 44.9 Å². The number of pyridine rings is 1. The zero-order chi connectivity index (χ0) is 42.9. The molecule has 2 aliphatic heterocycles. The van der Waals surface area contributed by atoms with Gasteiger partial charge in [-0.15, -0.1) is 11.3 Å². The van der Waals surface area contributed by atoms with Crippen LogP contribution < -0.4 is 24.8 Å². The van der Waals surface area contributed by atoms with Crippen LogP contribution in [0, 0.1) is 18.7 Å². The molecule has 3 aliphatic rings. The van der Waals surface area contributed by atoms with E-state index >= 15 is 0 Å². The lowest BCUT2D eigenvalue weighted by Crippen LogP contribution is -2.58. The average Bonchev–Trinajstić information content (AvgIpc) is 3.49. The highest BCUT2D eigenvalue weighted by molar-refractivity contribution is 7.87. The number of allylic oxidation sites excluding steroid dienone is 1. The topological polar surface area (TPSA) is 172 Å². The molecule has 17 heteroatoms. The number of ether oxygens (including phenoxy) is 2. The second kappa shape index (κ2) is 17.5. The number of methoxy groups -OCH3 is 1. The van der Waals surface area contributed by atoms with Crippen LogP contribution in [0.15, 0.2) is 60.0 Å². The normalized spacial score (nSPS) is 24.2. The van der Waals surface area contributed by atoms with Crippen molar-refractivity contribution in [2.75, 3.05) is 33.1 Å². The highest BCUT2D eigenvalue weighted by Crippen LogP contribution is 2.46. The van der Waals surface area contributed by atoms with Crippen LogP contribution in [0.3, 0.4) is 0 Å². The van der Waals surface area contributed by atoms with E-state index in [1.807, 2.05) is 42.7 Å². The van der Waals surface area contributed by atoms with Crippen molar-refractivity contribution in [3.63, 3.8) is 0 Å². The van der Waals surface area contributed by atoms with E-state index in [2.05, 4.69) is 29.2 Å². The lowest BCUT2D eigenvalue weighted by Gasteiger charge is -2.30. The Morgan fingerprint density at radius 2 is 1.90 bits per heavy atom. The predicted molar refractivity (Wildman–Crippen MR) is 229 cm³/mol.